The Morgan fingerprint density at radius 3 is 2.24 bits per heavy atom. The topological polar surface area (TPSA) is 54.0 Å². The summed E-state index contributed by atoms with van der Waals surface area (Å²) in [6.45, 7) is 11.8. The van der Waals surface area contributed by atoms with Crippen LogP contribution in [0.4, 0.5) is 0 Å². The monoisotopic (exact) mass is 232 g/mol. The standard InChI is InChI=1S/C9H8N4.2C2H6/c1-6-3-8(4-10)9-12-5-11-7(2)13(6)9;2*1-2/h3,5H,1-2H3;2*1-2H3. The van der Waals surface area contributed by atoms with E-state index in [4.69, 9.17) is 5.26 Å². The van der Waals surface area contributed by atoms with E-state index in [1.165, 1.54) is 6.33 Å². The summed E-state index contributed by atoms with van der Waals surface area (Å²) in [5, 5.41) is 8.82. The molecule has 2 rings (SSSR count). The van der Waals surface area contributed by atoms with E-state index < -0.39 is 0 Å². The third-order valence-corrected chi connectivity index (χ3v) is 2.03. The number of hydrogen-bond donors (Lipinski definition) is 0. The smallest absolute Gasteiger partial charge is 0.158 e. The van der Waals surface area contributed by atoms with Crippen molar-refractivity contribution in [3.8, 4) is 6.07 Å². The Morgan fingerprint density at radius 1 is 1.12 bits per heavy atom. The Labute approximate surface area is 103 Å². The molecule has 0 aromatic carbocycles. The third-order valence-electron chi connectivity index (χ3n) is 2.03. The van der Waals surface area contributed by atoms with E-state index in [2.05, 4.69) is 16.0 Å². The van der Waals surface area contributed by atoms with Crippen molar-refractivity contribution in [1.29, 1.82) is 5.26 Å². The molecule has 4 nitrogen and oxygen atoms in total. The second-order valence-electron chi connectivity index (χ2n) is 2.89. The Bertz CT molecular complexity index is 506. The summed E-state index contributed by atoms with van der Waals surface area (Å²) in [5.41, 5.74) is 2.28. The Balaban J connectivity index is 0.000000581. The number of hydrogen-bond acceptors (Lipinski definition) is 3. The van der Waals surface area contributed by atoms with Crippen LogP contribution in [-0.2, 0) is 0 Å². The highest BCUT2D eigenvalue weighted by Crippen LogP contribution is 2.13. The molecule has 0 aliphatic heterocycles. The molecule has 0 spiro atoms. The highest BCUT2D eigenvalue weighted by atomic mass is 15.1. The van der Waals surface area contributed by atoms with Gasteiger partial charge in [0.2, 0.25) is 0 Å². The molecule has 0 N–H and O–H groups in total. The molecular weight excluding hydrogens is 212 g/mol. The molecule has 0 atom stereocenters. The number of aryl methyl sites for hydroxylation is 2. The van der Waals surface area contributed by atoms with Crippen molar-refractivity contribution in [2.75, 3.05) is 0 Å². The fourth-order valence-corrected chi connectivity index (χ4v) is 1.47. The molecule has 0 saturated carbocycles. The van der Waals surface area contributed by atoms with E-state index >= 15 is 0 Å². The molecule has 4 heteroatoms. The quantitative estimate of drug-likeness (QED) is 0.700. The molecule has 92 valence electrons. The van der Waals surface area contributed by atoms with Crippen LogP contribution in [0.3, 0.4) is 0 Å². The van der Waals surface area contributed by atoms with Crippen molar-refractivity contribution in [2.24, 2.45) is 0 Å². The van der Waals surface area contributed by atoms with Crippen LogP contribution in [0.25, 0.3) is 5.65 Å². The maximum atomic E-state index is 8.82. The minimum atomic E-state index is 0.600. The van der Waals surface area contributed by atoms with E-state index in [0.717, 1.165) is 11.5 Å². The lowest BCUT2D eigenvalue weighted by molar-refractivity contribution is 0.919. The molecular formula is C13H20N4. The summed E-state index contributed by atoms with van der Waals surface area (Å²) in [4.78, 5) is 8.12. The molecule has 0 radical (unpaired) electrons. The molecule has 0 fully saturated rings. The van der Waals surface area contributed by atoms with E-state index in [-0.39, 0.29) is 0 Å². The zero-order valence-corrected chi connectivity index (χ0v) is 11.4. The molecule has 2 aromatic heterocycles. The zero-order valence-electron chi connectivity index (χ0n) is 11.4. The third kappa shape index (κ3) is 3.04. The van der Waals surface area contributed by atoms with Crippen molar-refractivity contribution in [1.82, 2.24) is 14.4 Å². The zero-order chi connectivity index (χ0) is 13.4. The Morgan fingerprint density at radius 2 is 1.71 bits per heavy atom. The summed E-state index contributed by atoms with van der Waals surface area (Å²) < 4.78 is 1.87. The van der Waals surface area contributed by atoms with Gasteiger partial charge >= 0.3 is 0 Å². The molecule has 0 unspecified atom stereocenters. The number of fused-ring (bicyclic) bond motifs is 1. The van der Waals surface area contributed by atoms with E-state index in [1.54, 1.807) is 0 Å². The molecule has 0 aliphatic carbocycles. The van der Waals surface area contributed by atoms with Crippen molar-refractivity contribution < 1.29 is 0 Å². The minimum absolute atomic E-state index is 0.600. The van der Waals surface area contributed by atoms with Crippen molar-refractivity contribution >= 4 is 5.65 Å². The van der Waals surface area contributed by atoms with Crippen LogP contribution in [-0.4, -0.2) is 14.4 Å². The predicted molar refractivity (Wildman–Crippen MR) is 69.9 cm³/mol. The van der Waals surface area contributed by atoms with Crippen molar-refractivity contribution in [3.63, 3.8) is 0 Å². The molecule has 2 aromatic rings. The maximum absolute atomic E-state index is 8.82. The van der Waals surface area contributed by atoms with Gasteiger partial charge in [0.1, 0.15) is 18.2 Å². The average Bonchev–Trinajstić information content (AvgIpc) is 2.72. The summed E-state index contributed by atoms with van der Waals surface area (Å²) in [7, 11) is 0. The summed E-state index contributed by atoms with van der Waals surface area (Å²) in [6, 6.07) is 3.92. The van der Waals surface area contributed by atoms with Crippen LogP contribution in [0.1, 0.15) is 44.8 Å². The first-order chi connectivity index (χ1) is 8.24. The molecule has 2 heterocycles. The SMILES string of the molecule is CC.CC.Cc1cc(C#N)c2ncnc(C)n12. The van der Waals surface area contributed by atoms with E-state index in [9.17, 15) is 0 Å². The Hall–Kier alpha value is -1.89. The molecule has 0 amide bonds. The normalized spacial score (nSPS) is 8.53. The van der Waals surface area contributed by atoms with Gasteiger partial charge in [0.05, 0.1) is 5.56 Å². The fraction of sp³-hybridized carbons (Fsp3) is 0.462. The van der Waals surface area contributed by atoms with Gasteiger partial charge in [0.25, 0.3) is 0 Å². The number of nitrogens with zero attached hydrogens (tertiary/aromatic N) is 4. The largest absolute Gasteiger partial charge is 0.286 e. The lowest BCUT2D eigenvalue weighted by Crippen LogP contribution is -1.98. The number of aromatic nitrogens is 3. The molecule has 0 aliphatic rings. The second kappa shape index (κ2) is 7.39. The van der Waals surface area contributed by atoms with Gasteiger partial charge in [-0.15, -0.1) is 0 Å². The Kier molecular flexibility index (Phi) is 6.57. The average molecular weight is 232 g/mol. The van der Waals surface area contributed by atoms with Crippen molar-refractivity contribution in [3.05, 3.63) is 29.5 Å². The van der Waals surface area contributed by atoms with Crippen LogP contribution < -0.4 is 0 Å². The highest BCUT2D eigenvalue weighted by molar-refractivity contribution is 5.57. The van der Waals surface area contributed by atoms with Crippen LogP contribution in [0.15, 0.2) is 12.4 Å². The summed E-state index contributed by atoms with van der Waals surface area (Å²) in [5.74, 6) is 0.851. The van der Waals surface area contributed by atoms with Gasteiger partial charge in [-0.3, -0.25) is 4.40 Å². The van der Waals surface area contributed by atoms with Gasteiger partial charge in [-0.05, 0) is 19.9 Å². The van der Waals surface area contributed by atoms with Gasteiger partial charge in [-0.1, -0.05) is 27.7 Å². The first-order valence-electron chi connectivity index (χ1n) is 5.94. The first kappa shape index (κ1) is 15.1. The molecule has 17 heavy (non-hydrogen) atoms. The summed E-state index contributed by atoms with van der Waals surface area (Å²) >= 11 is 0. The highest BCUT2D eigenvalue weighted by Gasteiger charge is 2.08. The first-order valence-corrected chi connectivity index (χ1v) is 5.94. The van der Waals surface area contributed by atoms with E-state index in [1.807, 2.05) is 52.0 Å². The summed E-state index contributed by atoms with van der Waals surface area (Å²) in [6.07, 6.45) is 1.48. The maximum Gasteiger partial charge on any atom is 0.158 e. The predicted octanol–water partition coefficient (Wildman–Crippen LogP) is 3.27. The number of nitriles is 1. The van der Waals surface area contributed by atoms with Crippen LogP contribution in [0, 0.1) is 25.2 Å². The molecule has 0 bridgehead atoms. The minimum Gasteiger partial charge on any atom is -0.286 e. The van der Waals surface area contributed by atoms with Gasteiger partial charge in [0, 0.05) is 5.69 Å². The van der Waals surface area contributed by atoms with Gasteiger partial charge in [-0.25, -0.2) is 9.97 Å². The van der Waals surface area contributed by atoms with E-state index in [0.29, 0.717) is 11.2 Å². The van der Waals surface area contributed by atoms with Crippen LogP contribution in [0.5, 0.6) is 0 Å². The lowest BCUT2D eigenvalue weighted by atomic mass is 10.3. The lowest BCUT2D eigenvalue weighted by Gasteiger charge is -1.99. The fourth-order valence-electron chi connectivity index (χ4n) is 1.47. The van der Waals surface area contributed by atoms with Crippen molar-refractivity contribution in [2.45, 2.75) is 41.5 Å². The van der Waals surface area contributed by atoms with Gasteiger partial charge in [-0.2, -0.15) is 5.26 Å². The van der Waals surface area contributed by atoms with Gasteiger partial charge < -0.3 is 0 Å². The molecule has 0 saturated heterocycles. The van der Waals surface area contributed by atoms with Crippen LogP contribution >= 0.6 is 0 Å². The second-order valence-corrected chi connectivity index (χ2v) is 2.89. The van der Waals surface area contributed by atoms with Gasteiger partial charge in [0.15, 0.2) is 5.65 Å². The van der Waals surface area contributed by atoms with Crippen LogP contribution in [0.2, 0.25) is 0 Å². The number of rotatable bonds is 0.